The third-order valence-electron chi connectivity index (χ3n) is 12.2. The first-order valence-electron chi connectivity index (χ1n) is 27.2. The van der Waals surface area contributed by atoms with Crippen molar-refractivity contribution in [2.45, 2.75) is 290 Å². The van der Waals surface area contributed by atoms with Crippen LogP contribution in [0.1, 0.15) is 284 Å². The SMILES string of the molecule is CCCCCCCCCC/C=C\CCCCCCCCCCCCCCCCCCCCCC(=O)OC(COC(=O)CCCCCCCCCCCCC)COP(=O)(O)OCCN. The van der Waals surface area contributed by atoms with Crippen molar-refractivity contribution in [3.63, 3.8) is 0 Å². The molecule has 0 amide bonds. The van der Waals surface area contributed by atoms with Crippen LogP contribution < -0.4 is 5.73 Å². The number of unbranched alkanes of at least 4 members (excludes halogenated alkanes) is 37. The van der Waals surface area contributed by atoms with Crippen molar-refractivity contribution in [3.05, 3.63) is 12.2 Å². The lowest BCUT2D eigenvalue weighted by Crippen LogP contribution is -2.29. The van der Waals surface area contributed by atoms with E-state index in [2.05, 4.69) is 26.0 Å². The maximum Gasteiger partial charge on any atom is 0.472 e. The molecule has 0 bridgehead atoms. The molecular weight excluding hydrogens is 810 g/mol. The molecule has 9 nitrogen and oxygen atoms in total. The molecule has 0 saturated heterocycles. The molecule has 63 heavy (non-hydrogen) atoms. The molecule has 0 fully saturated rings. The minimum absolute atomic E-state index is 0.0572. The molecule has 0 saturated carbocycles. The van der Waals surface area contributed by atoms with E-state index in [0.29, 0.717) is 6.42 Å². The minimum Gasteiger partial charge on any atom is -0.462 e. The van der Waals surface area contributed by atoms with Gasteiger partial charge in [0.05, 0.1) is 13.2 Å². The minimum atomic E-state index is -4.37. The Morgan fingerprint density at radius 2 is 0.778 bits per heavy atom. The van der Waals surface area contributed by atoms with Crippen LogP contribution in [0.25, 0.3) is 0 Å². The average molecular weight is 914 g/mol. The zero-order chi connectivity index (χ0) is 46.0. The summed E-state index contributed by atoms with van der Waals surface area (Å²) in [5.74, 6) is -0.813. The number of nitrogens with two attached hydrogens (primary N) is 1. The highest BCUT2D eigenvalue weighted by Crippen LogP contribution is 2.43. The van der Waals surface area contributed by atoms with Crippen molar-refractivity contribution in [3.8, 4) is 0 Å². The fourth-order valence-corrected chi connectivity index (χ4v) is 8.87. The summed E-state index contributed by atoms with van der Waals surface area (Å²) in [6.07, 6.45) is 55.7. The fraction of sp³-hybridized carbons (Fsp3) is 0.925. The summed E-state index contributed by atoms with van der Waals surface area (Å²) >= 11 is 0. The summed E-state index contributed by atoms with van der Waals surface area (Å²) in [5.41, 5.74) is 5.36. The molecule has 0 aromatic heterocycles. The van der Waals surface area contributed by atoms with Crippen molar-refractivity contribution in [2.24, 2.45) is 5.73 Å². The van der Waals surface area contributed by atoms with E-state index in [4.69, 9.17) is 24.3 Å². The van der Waals surface area contributed by atoms with Gasteiger partial charge in [-0.1, -0.05) is 244 Å². The van der Waals surface area contributed by atoms with Crippen LogP contribution in [-0.2, 0) is 32.7 Å². The Morgan fingerprint density at radius 1 is 0.460 bits per heavy atom. The van der Waals surface area contributed by atoms with Crippen molar-refractivity contribution >= 4 is 19.8 Å². The summed E-state index contributed by atoms with van der Waals surface area (Å²) in [6, 6.07) is 0. The van der Waals surface area contributed by atoms with E-state index in [1.54, 1.807) is 0 Å². The Labute approximate surface area is 389 Å². The Morgan fingerprint density at radius 3 is 1.13 bits per heavy atom. The van der Waals surface area contributed by atoms with Gasteiger partial charge in [0.25, 0.3) is 0 Å². The molecule has 0 aromatic carbocycles. The van der Waals surface area contributed by atoms with Gasteiger partial charge < -0.3 is 20.1 Å². The smallest absolute Gasteiger partial charge is 0.462 e. The van der Waals surface area contributed by atoms with Gasteiger partial charge >= 0.3 is 19.8 Å². The number of phosphoric ester groups is 1. The predicted octanol–water partition coefficient (Wildman–Crippen LogP) is 16.5. The average Bonchev–Trinajstić information content (AvgIpc) is 3.27. The third-order valence-corrected chi connectivity index (χ3v) is 13.1. The zero-order valence-corrected chi connectivity index (χ0v) is 42.5. The molecule has 374 valence electrons. The molecule has 10 heteroatoms. The third kappa shape index (κ3) is 50.0. The molecule has 3 N–H and O–H groups in total. The van der Waals surface area contributed by atoms with Gasteiger partial charge in [-0.3, -0.25) is 18.6 Å². The highest BCUT2D eigenvalue weighted by Gasteiger charge is 2.26. The van der Waals surface area contributed by atoms with Gasteiger partial charge in [-0.25, -0.2) is 4.57 Å². The molecule has 2 unspecified atom stereocenters. The Kier molecular flexibility index (Phi) is 49.2. The first-order valence-corrected chi connectivity index (χ1v) is 28.7. The lowest BCUT2D eigenvalue weighted by molar-refractivity contribution is -0.161. The summed E-state index contributed by atoms with van der Waals surface area (Å²) < 4.78 is 32.9. The van der Waals surface area contributed by atoms with Crippen LogP contribution in [0.3, 0.4) is 0 Å². The number of carbonyl (C=O) groups excluding carboxylic acids is 2. The molecule has 0 spiro atoms. The van der Waals surface area contributed by atoms with Crippen LogP contribution in [0.4, 0.5) is 0 Å². The molecule has 0 radical (unpaired) electrons. The van der Waals surface area contributed by atoms with Gasteiger partial charge in [-0.05, 0) is 38.5 Å². The molecule has 2 atom stereocenters. The summed E-state index contributed by atoms with van der Waals surface area (Å²) in [5, 5.41) is 0. The molecule has 0 aliphatic rings. The summed E-state index contributed by atoms with van der Waals surface area (Å²) in [4.78, 5) is 35.0. The number of phosphoric acid groups is 1. The normalized spacial score (nSPS) is 13.1. The quantitative estimate of drug-likeness (QED) is 0.0265. The van der Waals surface area contributed by atoms with Crippen molar-refractivity contribution in [2.75, 3.05) is 26.4 Å². The maximum atomic E-state index is 12.6. The van der Waals surface area contributed by atoms with E-state index in [-0.39, 0.29) is 38.6 Å². The van der Waals surface area contributed by atoms with Gasteiger partial charge in [0.2, 0.25) is 0 Å². The zero-order valence-electron chi connectivity index (χ0n) is 41.6. The Balaban J connectivity index is 3.82. The van der Waals surface area contributed by atoms with E-state index < -0.39 is 26.5 Å². The van der Waals surface area contributed by atoms with Crippen LogP contribution in [0.15, 0.2) is 12.2 Å². The van der Waals surface area contributed by atoms with Gasteiger partial charge in [-0.15, -0.1) is 0 Å². The number of hydrogen-bond donors (Lipinski definition) is 2. The summed E-state index contributed by atoms with van der Waals surface area (Å²) in [6.45, 7) is 3.77. The van der Waals surface area contributed by atoms with E-state index >= 15 is 0 Å². The highest BCUT2D eigenvalue weighted by atomic mass is 31.2. The van der Waals surface area contributed by atoms with Crippen molar-refractivity contribution < 1.29 is 37.6 Å². The lowest BCUT2D eigenvalue weighted by Gasteiger charge is -2.19. The fourth-order valence-electron chi connectivity index (χ4n) is 8.10. The van der Waals surface area contributed by atoms with Crippen LogP contribution in [-0.4, -0.2) is 49.3 Å². The Hall–Kier alpha value is -1.25. The number of esters is 2. The predicted molar refractivity (Wildman–Crippen MR) is 266 cm³/mol. The van der Waals surface area contributed by atoms with E-state index in [1.165, 1.54) is 218 Å². The molecular formula is C53H104NO8P. The number of rotatable bonds is 52. The van der Waals surface area contributed by atoms with Crippen molar-refractivity contribution in [1.82, 2.24) is 0 Å². The molecule has 0 aromatic rings. The van der Waals surface area contributed by atoms with Gasteiger partial charge in [0.1, 0.15) is 6.61 Å². The Bertz CT molecular complexity index is 1040. The van der Waals surface area contributed by atoms with Crippen molar-refractivity contribution in [1.29, 1.82) is 0 Å². The standard InChI is InChI=1S/C53H104NO8P/c1-3-5-7-9-11-13-15-16-17-18-19-20-21-22-23-24-25-26-27-28-29-30-31-32-33-34-36-38-40-42-44-46-53(56)62-51(50-61-63(57,58)60-48-47-54)49-59-52(55)45-43-41-39-37-35-14-12-10-8-6-4-2/h18-19,51H,3-17,20-50,54H2,1-2H3,(H,57,58)/b19-18-. The second-order valence-electron chi connectivity index (χ2n) is 18.5. The molecule has 0 aliphatic heterocycles. The van der Waals surface area contributed by atoms with E-state index in [9.17, 15) is 19.0 Å². The summed E-state index contributed by atoms with van der Waals surface area (Å²) in [7, 11) is -4.37. The highest BCUT2D eigenvalue weighted by molar-refractivity contribution is 7.47. The van der Waals surface area contributed by atoms with E-state index in [0.717, 1.165) is 32.1 Å². The number of carbonyl (C=O) groups is 2. The second-order valence-corrected chi connectivity index (χ2v) is 19.9. The van der Waals surface area contributed by atoms with E-state index in [1.807, 2.05) is 0 Å². The number of hydrogen-bond acceptors (Lipinski definition) is 8. The molecule has 0 aliphatic carbocycles. The number of ether oxygens (including phenoxy) is 2. The first kappa shape index (κ1) is 61.8. The molecule has 0 rings (SSSR count). The monoisotopic (exact) mass is 914 g/mol. The van der Waals surface area contributed by atoms with Gasteiger partial charge in [-0.2, -0.15) is 0 Å². The lowest BCUT2D eigenvalue weighted by atomic mass is 10.0. The maximum absolute atomic E-state index is 12.6. The second kappa shape index (κ2) is 50.2. The van der Waals surface area contributed by atoms with Gasteiger partial charge in [0, 0.05) is 19.4 Å². The molecule has 0 heterocycles. The van der Waals surface area contributed by atoms with Crippen LogP contribution in [0.2, 0.25) is 0 Å². The van der Waals surface area contributed by atoms with Crippen LogP contribution in [0.5, 0.6) is 0 Å². The number of allylic oxidation sites excluding steroid dienone is 2. The largest absolute Gasteiger partial charge is 0.472 e. The van der Waals surface area contributed by atoms with Crippen LogP contribution in [0, 0.1) is 0 Å². The first-order chi connectivity index (χ1) is 30.8. The van der Waals surface area contributed by atoms with Crippen LogP contribution >= 0.6 is 7.82 Å². The van der Waals surface area contributed by atoms with Gasteiger partial charge in [0.15, 0.2) is 6.10 Å². The topological polar surface area (TPSA) is 134 Å².